The summed E-state index contributed by atoms with van der Waals surface area (Å²) in [5, 5.41) is 7.16. The maximum atomic E-state index is 12.4. The van der Waals surface area contributed by atoms with E-state index in [0.29, 0.717) is 29.0 Å². The van der Waals surface area contributed by atoms with Crippen molar-refractivity contribution in [1.29, 1.82) is 0 Å². The Kier molecular flexibility index (Phi) is 4.25. The number of carbonyl (C=O) groups excluding carboxylic acids is 1. The molecule has 1 unspecified atom stereocenters. The molecule has 1 aliphatic heterocycles. The third-order valence-corrected chi connectivity index (χ3v) is 4.95. The molecular weight excluding hydrogens is 328 g/mol. The molecule has 2 aromatic heterocycles. The van der Waals surface area contributed by atoms with Crippen LogP contribution in [0.25, 0.3) is 0 Å². The minimum absolute atomic E-state index is 0.118. The quantitative estimate of drug-likeness (QED) is 0.837. The van der Waals surface area contributed by atoms with Gasteiger partial charge in [-0.15, -0.1) is 0 Å². The van der Waals surface area contributed by atoms with E-state index in [9.17, 15) is 9.59 Å². The van der Waals surface area contributed by atoms with Crippen LogP contribution in [0.3, 0.4) is 0 Å². The number of thioether (sulfide) groups is 1. The number of aromatic nitrogens is 3. The number of nitrogens with one attached hydrogen (secondary N) is 1. The maximum Gasteiger partial charge on any atom is 0.254 e. The molecule has 1 N–H and O–H groups in total. The van der Waals surface area contributed by atoms with E-state index in [0.717, 1.165) is 5.69 Å². The Morgan fingerprint density at radius 1 is 1.42 bits per heavy atom. The number of hydrogen-bond acceptors (Lipinski definition) is 6. The summed E-state index contributed by atoms with van der Waals surface area (Å²) in [7, 11) is 0. The largest absolute Gasteiger partial charge is 0.360 e. The molecule has 0 aliphatic carbocycles. The van der Waals surface area contributed by atoms with E-state index in [-0.39, 0.29) is 22.8 Å². The van der Waals surface area contributed by atoms with E-state index in [1.54, 1.807) is 23.6 Å². The van der Waals surface area contributed by atoms with Gasteiger partial charge in [-0.2, -0.15) is 0 Å². The fraction of sp³-hybridized carbons (Fsp3) is 0.500. The highest BCUT2D eigenvalue weighted by Crippen LogP contribution is 2.28. The Bertz CT molecular complexity index is 835. The molecular formula is C16H20N4O3S. The predicted molar refractivity (Wildman–Crippen MR) is 91.3 cm³/mol. The number of hydrogen-bond donors (Lipinski definition) is 1. The monoisotopic (exact) mass is 348 g/mol. The van der Waals surface area contributed by atoms with E-state index in [2.05, 4.69) is 15.5 Å². The number of rotatable bonds is 2. The SMILES string of the molecule is Cc1cc(NC(=O)C2CSc3nc(C(C)(C)C)cc(=O)n3C2)no1. The van der Waals surface area contributed by atoms with Crippen molar-refractivity contribution in [3.05, 3.63) is 33.9 Å². The first-order valence-electron chi connectivity index (χ1n) is 7.73. The fourth-order valence-electron chi connectivity index (χ4n) is 2.41. The van der Waals surface area contributed by atoms with E-state index in [1.807, 2.05) is 20.8 Å². The van der Waals surface area contributed by atoms with Gasteiger partial charge in [0, 0.05) is 29.8 Å². The molecule has 0 radical (unpaired) electrons. The Morgan fingerprint density at radius 2 is 2.17 bits per heavy atom. The lowest BCUT2D eigenvalue weighted by Gasteiger charge is -2.26. The lowest BCUT2D eigenvalue weighted by atomic mass is 9.92. The first-order chi connectivity index (χ1) is 11.2. The smallest absolute Gasteiger partial charge is 0.254 e. The van der Waals surface area contributed by atoms with Crippen LogP contribution in [0.1, 0.15) is 32.2 Å². The van der Waals surface area contributed by atoms with Gasteiger partial charge < -0.3 is 9.84 Å². The molecule has 7 nitrogen and oxygen atoms in total. The summed E-state index contributed by atoms with van der Waals surface area (Å²) in [6.45, 7) is 8.15. The van der Waals surface area contributed by atoms with Crippen LogP contribution >= 0.6 is 11.8 Å². The summed E-state index contributed by atoms with van der Waals surface area (Å²) in [5.74, 6) is 1.10. The lowest BCUT2D eigenvalue weighted by Crippen LogP contribution is -2.37. The molecule has 1 aliphatic rings. The van der Waals surface area contributed by atoms with Crippen molar-refractivity contribution in [3.8, 4) is 0 Å². The van der Waals surface area contributed by atoms with E-state index in [4.69, 9.17) is 4.52 Å². The predicted octanol–water partition coefficient (Wildman–Crippen LogP) is 2.20. The van der Waals surface area contributed by atoms with Gasteiger partial charge in [0.25, 0.3) is 5.56 Å². The zero-order chi connectivity index (χ0) is 17.5. The van der Waals surface area contributed by atoms with Gasteiger partial charge in [-0.25, -0.2) is 4.98 Å². The maximum absolute atomic E-state index is 12.4. The number of fused-ring (bicyclic) bond motifs is 1. The van der Waals surface area contributed by atoms with Gasteiger partial charge in [0.05, 0.1) is 11.6 Å². The van der Waals surface area contributed by atoms with Gasteiger partial charge in [0.2, 0.25) is 5.91 Å². The highest BCUT2D eigenvalue weighted by atomic mass is 32.2. The number of carbonyl (C=O) groups is 1. The molecule has 128 valence electrons. The van der Waals surface area contributed by atoms with Crippen molar-refractivity contribution in [2.24, 2.45) is 5.92 Å². The average molecular weight is 348 g/mol. The van der Waals surface area contributed by atoms with Crippen molar-refractivity contribution in [2.75, 3.05) is 11.1 Å². The summed E-state index contributed by atoms with van der Waals surface area (Å²) in [6, 6.07) is 3.22. The van der Waals surface area contributed by atoms with Crippen LogP contribution in [0.4, 0.5) is 5.82 Å². The number of anilines is 1. The lowest BCUT2D eigenvalue weighted by molar-refractivity contribution is -0.119. The Hall–Kier alpha value is -2.09. The summed E-state index contributed by atoms with van der Waals surface area (Å²) < 4.78 is 6.51. The summed E-state index contributed by atoms with van der Waals surface area (Å²) in [6.07, 6.45) is 0. The fourth-order valence-corrected chi connectivity index (χ4v) is 3.50. The molecule has 1 amide bonds. The standard InChI is InChI=1S/C16H20N4O3S/c1-9-5-12(19-23-9)18-14(22)10-7-20-13(21)6-11(16(2,3)4)17-15(20)24-8-10/h5-6,10H,7-8H2,1-4H3,(H,18,19,22). The Morgan fingerprint density at radius 3 is 2.79 bits per heavy atom. The van der Waals surface area contributed by atoms with Gasteiger partial charge in [0.1, 0.15) is 5.76 Å². The molecule has 0 fully saturated rings. The molecule has 2 aromatic rings. The third-order valence-electron chi connectivity index (χ3n) is 3.81. The van der Waals surface area contributed by atoms with Crippen LogP contribution in [0.5, 0.6) is 0 Å². The van der Waals surface area contributed by atoms with Crippen LogP contribution in [-0.2, 0) is 16.8 Å². The molecule has 24 heavy (non-hydrogen) atoms. The van der Waals surface area contributed by atoms with Gasteiger partial charge in [-0.1, -0.05) is 37.7 Å². The second kappa shape index (κ2) is 6.08. The zero-order valence-electron chi connectivity index (χ0n) is 14.1. The molecule has 3 heterocycles. The Balaban J connectivity index is 1.79. The highest BCUT2D eigenvalue weighted by molar-refractivity contribution is 7.99. The molecule has 1 atom stereocenters. The highest BCUT2D eigenvalue weighted by Gasteiger charge is 2.29. The van der Waals surface area contributed by atoms with Crippen LogP contribution in [0, 0.1) is 12.8 Å². The van der Waals surface area contributed by atoms with Gasteiger partial charge >= 0.3 is 0 Å². The summed E-state index contributed by atoms with van der Waals surface area (Å²) in [4.78, 5) is 29.4. The van der Waals surface area contributed by atoms with Crippen molar-refractivity contribution in [1.82, 2.24) is 14.7 Å². The van der Waals surface area contributed by atoms with E-state index >= 15 is 0 Å². The molecule has 0 bridgehead atoms. The van der Waals surface area contributed by atoms with Crippen molar-refractivity contribution in [2.45, 2.75) is 44.8 Å². The minimum atomic E-state index is -0.320. The number of aryl methyl sites for hydroxylation is 1. The summed E-state index contributed by atoms with van der Waals surface area (Å²) >= 11 is 1.43. The zero-order valence-corrected chi connectivity index (χ0v) is 14.9. The third kappa shape index (κ3) is 3.38. The topological polar surface area (TPSA) is 90.0 Å². The normalized spacial score (nSPS) is 17.4. The molecule has 0 aromatic carbocycles. The number of amides is 1. The summed E-state index contributed by atoms with van der Waals surface area (Å²) in [5.41, 5.74) is 0.466. The van der Waals surface area contributed by atoms with Crippen LogP contribution in [0.15, 0.2) is 26.6 Å². The van der Waals surface area contributed by atoms with Crippen LogP contribution < -0.4 is 10.9 Å². The molecule has 8 heteroatoms. The molecule has 0 saturated carbocycles. The van der Waals surface area contributed by atoms with Crippen LogP contribution in [-0.4, -0.2) is 26.4 Å². The second-order valence-electron chi connectivity index (χ2n) is 6.94. The molecule has 3 rings (SSSR count). The van der Waals surface area contributed by atoms with Crippen molar-refractivity contribution >= 4 is 23.5 Å². The van der Waals surface area contributed by atoms with Gasteiger partial charge in [0.15, 0.2) is 11.0 Å². The van der Waals surface area contributed by atoms with Crippen molar-refractivity contribution in [3.63, 3.8) is 0 Å². The number of nitrogens with zero attached hydrogens (tertiary/aromatic N) is 3. The average Bonchev–Trinajstić information content (AvgIpc) is 2.91. The molecule has 0 saturated heterocycles. The van der Waals surface area contributed by atoms with E-state index in [1.165, 1.54) is 11.8 Å². The van der Waals surface area contributed by atoms with E-state index < -0.39 is 0 Å². The minimum Gasteiger partial charge on any atom is -0.360 e. The second-order valence-corrected chi connectivity index (χ2v) is 7.93. The first-order valence-corrected chi connectivity index (χ1v) is 8.72. The van der Waals surface area contributed by atoms with Crippen molar-refractivity contribution < 1.29 is 9.32 Å². The molecule has 0 spiro atoms. The Labute approximate surface area is 143 Å². The van der Waals surface area contributed by atoms with Gasteiger partial charge in [-0.3, -0.25) is 14.2 Å². The first kappa shape index (κ1) is 16.8. The van der Waals surface area contributed by atoms with Crippen LogP contribution in [0.2, 0.25) is 0 Å². The van der Waals surface area contributed by atoms with Gasteiger partial charge in [-0.05, 0) is 6.92 Å².